The molecule has 0 aliphatic rings. The molecule has 0 radical (unpaired) electrons. The standard InChI is InChI=1S/C20H16Cl2N2O4S/c1-12-23-15(11-29-12)9-27-16-4-2-3-13(7-16)20(26)28-10-19(25)24-18-8-14(21)5-6-17(18)22/h2-8,11H,9-10H2,1H3,(H,24,25). The van der Waals surface area contributed by atoms with E-state index < -0.39 is 18.5 Å². The summed E-state index contributed by atoms with van der Waals surface area (Å²) in [5, 5.41) is 6.17. The van der Waals surface area contributed by atoms with Gasteiger partial charge in [-0.2, -0.15) is 0 Å². The van der Waals surface area contributed by atoms with Crippen LogP contribution in [-0.4, -0.2) is 23.5 Å². The molecule has 0 aliphatic heterocycles. The Morgan fingerprint density at radius 2 is 2.00 bits per heavy atom. The molecule has 6 nitrogen and oxygen atoms in total. The highest BCUT2D eigenvalue weighted by Crippen LogP contribution is 2.25. The Hall–Kier alpha value is -2.61. The van der Waals surface area contributed by atoms with Crippen molar-refractivity contribution < 1.29 is 19.1 Å². The summed E-state index contributed by atoms with van der Waals surface area (Å²) in [6.07, 6.45) is 0. The van der Waals surface area contributed by atoms with Gasteiger partial charge in [-0.15, -0.1) is 11.3 Å². The fraction of sp³-hybridized carbons (Fsp3) is 0.150. The number of nitrogens with one attached hydrogen (secondary N) is 1. The average Bonchev–Trinajstić information content (AvgIpc) is 3.13. The molecule has 1 aromatic heterocycles. The average molecular weight is 451 g/mol. The van der Waals surface area contributed by atoms with Gasteiger partial charge in [0.15, 0.2) is 6.61 Å². The number of benzene rings is 2. The van der Waals surface area contributed by atoms with Crippen LogP contribution >= 0.6 is 34.5 Å². The molecule has 0 atom stereocenters. The number of aromatic nitrogens is 1. The van der Waals surface area contributed by atoms with E-state index in [-0.39, 0.29) is 5.56 Å². The summed E-state index contributed by atoms with van der Waals surface area (Å²) in [5.74, 6) is -0.679. The van der Waals surface area contributed by atoms with Crippen LogP contribution in [0.5, 0.6) is 5.75 Å². The summed E-state index contributed by atoms with van der Waals surface area (Å²) < 4.78 is 10.7. The third kappa shape index (κ3) is 6.19. The van der Waals surface area contributed by atoms with Crippen LogP contribution in [0.4, 0.5) is 5.69 Å². The molecule has 1 heterocycles. The molecule has 3 rings (SSSR count). The lowest BCUT2D eigenvalue weighted by Crippen LogP contribution is -2.21. The highest BCUT2D eigenvalue weighted by atomic mass is 35.5. The highest BCUT2D eigenvalue weighted by Gasteiger charge is 2.13. The zero-order valence-corrected chi connectivity index (χ0v) is 17.6. The van der Waals surface area contributed by atoms with Gasteiger partial charge in [0.1, 0.15) is 12.4 Å². The van der Waals surface area contributed by atoms with Crippen LogP contribution in [0.1, 0.15) is 21.1 Å². The van der Waals surface area contributed by atoms with E-state index in [1.807, 2.05) is 12.3 Å². The van der Waals surface area contributed by atoms with Crippen molar-refractivity contribution in [1.29, 1.82) is 0 Å². The van der Waals surface area contributed by atoms with Crippen LogP contribution in [0.3, 0.4) is 0 Å². The molecule has 9 heteroatoms. The van der Waals surface area contributed by atoms with E-state index >= 15 is 0 Å². The number of amides is 1. The fourth-order valence-corrected chi connectivity index (χ4v) is 3.27. The molecule has 0 saturated heterocycles. The Bertz CT molecular complexity index is 1040. The first kappa shape index (κ1) is 21.1. The van der Waals surface area contributed by atoms with E-state index in [1.165, 1.54) is 6.07 Å². The van der Waals surface area contributed by atoms with Gasteiger partial charge in [0.2, 0.25) is 0 Å². The van der Waals surface area contributed by atoms with Crippen LogP contribution in [0.2, 0.25) is 10.0 Å². The normalized spacial score (nSPS) is 10.4. The molecule has 1 amide bonds. The maximum Gasteiger partial charge on any atom is 0.338 e. The van der Waals surface area contributed by atoms with Gasteiger partial charge >= 0.3 is 5.97 Å². The van der Waals surface area contributed by atoms with Gasteiger partial charge in [-0.05, 0) is 43.3 Å². The monoisotopic (exact) mass is 450 g/mol. The van der Waals surface area contributed by atoms with Gasteiger partial charge in [0, 0.05) is 10.4 Å². The minimum absolute atomic E-state index is 0.269. The second-order valence-electron chi connectivity index (χ2n) is 5.92. The lowest BCUT2D eigenvalue weighted by Gasteiger charge is -2.09. The van der Waals surface area contributed by atoms with Gasteiger partial charge in [0.05, 0.1) is 27.0 Å². The Kier molecular flexibility index (Phi) is 7.09. The highest BCUT2D eigenvalue weighted by molar-refractivity contribution is 7.09. The smallest absolute Gasteiger partial charge is 0.338 e. The van der Waals surface area contributed by atoms with Gasteiger partial charge in [0.25, 0.3) is 5.91 Å². The lowest BCUT2D eigenvalue weighted by atomic mass is 10.2. The first-order chi connectivity index (χ1) is 13.9. The van der Waals surface area contributed by atoms with Crippen molar-refractivity contribution in [2.24, 2.45) is 0 Å². The van der Waals surface area contributed by atoms with E-state index in [0.29, 0.717) is 28.1 Å². The molecular formula is C20H16Cl2N2O4S. The molecule has 29 heavy (non-hydrogen) atoms. The number of anilines is 1. The molecule has 2 aromatic carbocycles. The molecule has 0 saturated carbocycles. The second kappa shape index (κ2) is 9.73. The zero-order chi connectivity index (χ0) is 20.8. The van der Waals surface area contributed by atoms with Crippen molar-refractivity contribution in [2.75, 3.05) is 11.9 Å². The van der Waals surface area contributed by atoms with Gasteiger partial charge in [-0.3, -0.25) is 4.79 Å². The summed E-state index contributed by atoms with van der Waals surface area (Å²) in [4.78, 5) is 28.6. The largest absolute Gasteiger partial charge is 0.487 e. The first-order valence-electron chi connectivity index (χ1n) is 8.46. The number of thiazole rings is 1. The first-order valence-corrected chi connectivity index (χ1v) is 10.1. The summed E-state index contributed by atoms with van der Waals surface area (Å²) in [7, 11) is 0. The third-order valence-corrected chi connectivity index (χ3v) is 5.05. The molecule has 0 spiro atoms. The summed E-state index contributed by atoms with van der Waals surface area (Å²) in [6, 6.07) is 11.2. The molecule has 0 fully saturated rings. The molecular weight excluding hydrogens is 435 g/mol. The van der Waals surface area contributed by atoms with E-state index in [4.69, 9.17) is 32.7 Å². The molecule has 0 bridgehead atoms. The van der Waals surface area contributed by atoms with Crippen molar-refractivity contribution in [3.05, 3.63) is 74.2 Å². The number of halogens is 2. The van der Waals surface area contributed by atoms with Crippen molar-refractivity contribution in [2.45, 2.75) is 13.5 Å². The van der Waals surface area contributed by atoms with E-state index in [0.717, 1.165) is 10.7 Å². The number of carbonyl (C=O) groups is 2. The molecule has 150 valence electrons. The number of hydrogen-bond donors (Lipinski definition) is 1. The van der Waals surface area contributed by atoms with Gasteiger partial charge in [-0.25, -0.2) is 9.78 Å². The number of esters is 1. The van der Waals surface area contributed by atoms with E-state index in [9.17, 15) is 9.59 Å². The molecule has 0 aliphatic carbocycles. The maximum atomic E-state index is 12.2. The topological polar surface area (TPSA) is 77.5 Å². The van der Waals surface area contributed by atoms with Crippen molar-refractivity contribution in [1.82, 2.24) is 4.98 Å². The van der Waals surface area contributed by atoms with Crippen LogP contribution in [0.25, 0.3) is 0 Å². The molecule has 0 unspecified atom stereocenters. The maximum absolute atomic E-state index is 12.2. The second-order valence-corrected chi connectivity index (χ2v) is 7.83. The summed E-state index contributed by atoms with van der Waals surface area (Å²) >= 11 is 13.4. The molecule has 1 N–H and O–H groups in total. The van der Waals surface area contributed by atoms with Crippen molar-refractivity contribution in [3.63, 3.8) is 0 Å². The van der Waals surface area contributed by atoms with Crippen LogP contribution in [-0.2, 0) is 16.1 Å². The minimum Gasteiger partial charge on any atom is -0.487 e. The van der Waals surface area contributed by atoms with Crippen molar-refractivity contribution in [3.8, 4) is 5.75 Å². The lowest BCUT2D eigenvalue weighted by molar-refractivity contribution is -0.119. The van der Waals surface area contributed by atoms with Crippen molar-refractivity contribution >= 4 is 52.1 Å². The Balaban J connectivity index is 1.53. The van der Waals surface area contributed by atoms with Gasteiger partial charge < -0.3 is 14.8 Å². The van der Waals surface area contributed by atoms with Gasteiger partial charge in [-0.1, -0.05) is 29.3 Å². The Morgan fingerprint density at radius 3 is 2.76 bits per heavy atom. The zero-order valence-electron chi connectivity index (χ0n) is 15.3. The summed E-state index contributed by atoms with van der Waals surface area (Å²) in [6.45, 7) is 1.75. The predicted molar refractivity (Wildman–Crippen MR) is 113 cm³/mol. The SMILES string of the molecule is Cc1nc(COc2cccc(C(=O)OCC(=O)Nc3cc(Cl)ccc3Cl)c2)cs1. The minimum atomic E-state index is -0.646. The number of rotatable bonds is 7. The Labute approximate surface area is 181 Å². The molecule has 3 aromatic rings. The van der Waals surface area contributed by atoms with Crippen LogP contribution in [0, 0.1) is 6.92 Å². The number of aryl methyl sites for hydroxylation is 1. The predicted octanol–water partition coefficient (Wildman–Crippen LogP) is 5.13. The van der Waals surface area contributed by atoms with E-state index in [2.05, 4.69) is 10.3 Å². The Morgan fingerprint density at radius 1 is 1.17 bits per heavy atom. The third-order valence-electron chi connectivity index (χ3n) is 3.66. The number of ether oxygens (including phenoxy) is 2. The van der Waals surface area contributed by atoms with Crippen LogP contribution in [0.15, 0.2) is 47.8 Å². The summed E-state index contributed by atoms with van der Waals surface area (Å²) in [5.41, 5.74) is 1.43. The van der Waals surface area contributed by atoms with E-state index in [1.54, 1.807) is 47.7 Å². The number of carbonyl (C=O) groups excluding carboxylic acids is 2. The quantitative estimate of drug-likeness (QED) is 0.504. The fourth-order valence-electron chi connectivity index (χ4n) is 2.34. The number of nitrogens with zero attached hydrogens (tertiary/aromatic N) is 1. The van der Waals surface area contributed by atoms with Crippen LogP contribution < -0.4 is 10.1 Å². The number of hydrogen-bond acceptors (Lipinski definition) is 6.